The third kappa shape index (κ3) is 1.97. The van der Waals surface area contributed by atoms with Crippen LogP contribution in [0.2, 0.25) is 0 Å². The third-order valence-corrected chi connectivity index (χ3v) is 5.60. The fraction of sp³-hybridized carbons (Fsp3) is 0.333. The van der Waals surface area contributed by atoms with Gasteiger partial charge in [-0.3, -0.25) is 0 Å². The fourth-order valence-corrected chi connectivity index (χ4v) is 3.64. The molecule has 68 valence electrons. The molecule has 0 aromatic rings. The second-order valence-electron chi connectivity index (χ2n) is 2.32. The van der Waals surface area contributed by atoms with E-state index in [2.05, 4.69) is 63.7 Å². The van der Waals surface area contributed by atoms with Crippen LogP contribution in [0.4, 0.5) is 0 Å². The van der Waals surface area contributed by atoms with Crippen LogP contribution in [0, 0.1) is 0 Å². The molecule has 0 fully saturated rings. The lowest BCUT2D eigenvalue weighted by atomic mass is 10.1. The number of hydrogen-bond acceptors (Lipinski definition) is 2. The van der Waals surface area contributed by atoms with Gasteiger partial charge in [0.05, 0.1) is 8.96 Å². The Morgan fingerprint density at radius 2 is 1.75 bits per heavy atom. The van der Waals surface area contributed by atoms with Gasteiger partial charge in [-0.25, -0.2) is 0 Å². The maximum Gasteiger partial charge on any atom is 0.157 e. The second kappa shape index (κ2) is 3.73. The van der Waals surface area contributed by atoms with Gasteiger partial charge in [0.1, 0.15) is 5.76 Å². The van der Waals surface area contributed by atoms with E-state index in [1.54, 1.807) is 0 Å². The summed E-state index contributed by atoms with van der Waals surface area (Å²) in [5.74, 6) is 0.103. The van der Waals surface area contributed by atoms with E-state index in [4.69, 9.17) is 0 Å². The molecule has 1 rings (SSSR count). The molecule has 0 bridgehead atoms. The molecule has 0 amide bonds. The molecule has 12 heavy (non-hydrogen) atoms. The molecule has 0 heterocycles. The summed E-state index contributed by atoms with van der Waals surface area (Å²) in [6.07, 6.45) is 0.286. The molecule has 0 saturated carbocycles. The number of aliphatic hydroxyl groups excluding tert-OH is 1. The summed E-state index contributed by atoms with van der Waals surface area (Å²) in [6.45, 7) is 0. The van der Waals surface area contributed by atoms with Crippen molar-refractivity contribution in [3.05, 3.63) is 19.2 Å². The number of alkyl halides is 1. The Kier molecular flexibility index (Phi) is 3.49. The van der Waals surface area contributed by atoms with Crippen LogP contribution in [0.5, 0.6) is 0 Å². The number of rotatable bonds is 0. The van der Waals surface area contributed by atoms with E-state index in [1.807, 2.05) is 0 Å². The molecule has 1 aliphatic carbocycles. The topological polar surface area (TPSA) is 40.5 Å². The minimum Gasteiger partial charge on any atom is -0.506 e. The van der Waals surface area contributed by atoms with Gasteiger partial charge in [0.2, 0.25) is 0 Å². The van der Waals surface area contributed by atoms with Gasteiger partial charge in [0.15, 0.2) is 4.51 Å². The molecule has 0 saturated heterocycles. The van der Waals surface area contributed by atoms with E-state index in [-0.39, 0.29) is 12.2 Å². The number of aliphatic hydroxyl groups is 2. The van der Waals surface area contributed by atoms with Gasteiger partial charge in [-0.1, -0.05) is 31.9 Å². The summed E-state index contributed by atoms with van der Waals surface area (Å²) >= 11 is 12.6. The zero-order valence-electron chi connectivity index (χ0n) is 5.61. The van der Waals surface area contributed by atoms with Crippen molar-refractivity contribution in [1.82, 2.24) is 0 Å². The van der Waals surface area contributed by atoms with Gasteiger partial charge >= 0.3 is 0 Å². The summed E-state index contributed by atoms with van der Waals surface area (Å²) < 4.78 is 0.337. The standard InChI is InChI=1S/C6H4Br4O2/c7-2-1-6(10,12)5(9)3(8)4(2)11/h11-12H,1H2. The first kappa shape index (κ1) is 11.2. The minimum absolute atomic E-state index is 0.103. The van der Waals surface area contributed by atoms with E-state index in [0.29, 0.717) is 13.4 Å². The largest absolute Gasteiger partial charge is 0.506 e. The molecule has 2 nitrogen and oxygen atoms in total. The smallest absolute Gasteiger partial charge is 0.157 e. The molecule has 0 aliphatic heterocycles. The third-order valence-electron chi connectivity index (χ3n) is 1.38. The van der Waals surface area contributed by atoms with Gasteiger partial charge in [-0.2, -0.15) is 0 Å². The van der Waals surface area contributed by atoms with Crippen molar-refractivity contribution in [2.24, 2.45) is 0 Å². The quantitative estimate of drug-likeness (QED) is 0.580. The maximum absolute atomic E-state index is 9.71. The number of allylic oxidation sites excluding steroid dienone is 1. The SMILES string of the molecule is OC1=C(Br)CC(O)(Br)C(Br)=C1Br. The van der Waals surface area contributed by atoms with Crippen LogP contribution in [0.1, 0.15) is 6.42 Å². The monoisotopic (exact) mass is 424 g/mol. The number of halogens is 4. The lowest BCUT2D eigenvalue weighted by Gasteiger charge is -2.26. The Balaban J connectivity index is 3.20. The predicted octanol–water partition coefficient (Wildman–Crippen LogP) is 3.64. The van der Waals surface area contributed by atoms with Crippen LogP contribution < -0.4 is 0 Å². The highest BCUT2D eigenvalue weighted by atomic mass is 79.9. The van der Waals surface area contributed by atoms with Crippen LogP contribution in [0.3, 0.4) is 0 Å². The van der Waals surface area contributed by atoms with Crippen molar-refractivity contribution >= 4 is 63.7 Å². The van der Waals surface area contributed by atoms with Crippen molar-refractivity contribution in [3.8, 4) is 0 Å². The first-order valence-corrected chi connectivity index (χ1v) is 6.08. The molecule has 0 spiro atoms. The second-order valence-corrected chi connectivity index (χ2v) is 6.17. The highest BCUT2D eigenvalue weighted by Gasteiger charge is 2.35. The lowest BCUT2D eigenvalue weighted by Crippen LogP contribution is -2.24. The van der Waals surface area contributed by atoms with Crippen LogP contribution in [0.15, 0.2) is 19.2 Å². The Hall–Kier alpha value is 1.16. The fourth-order valence-electron chi connectivity index (χ4n) is 0.758. The molecular formula is C6H4Br4O2. The Bertz CT molecular complexity index is 279. The molecule has 0 aromatic carbocycles. The first-order chi connectivity index (χ1) is 5.36. The lowest BCUT2D eigenvalue weighted by molar-refractivity contribution is 0.189. The van der Waals surface area contributed by atoms with Gasteiger partial charge in [-0.05, 0) is 31.9 Å². The average Bonchev–Trinajstić information content (AvgIpc) is 1.97. The van der Waals surface area contributed by atoms with Crippen molar-refractivity contribution in [2.75, 3.05) is 0 Å². The Morgan fingerprint density at radius 1 is 1.25 bits per heavy atom. The molecule has 0 aromatic heterocycles. The van der Waals surface area contributed by atoms with Crippen molar-refractivity contribution < 1.29 is 10.2 Å². The normalized spacial score (nSPS) is 31.4. The summed E-state index contributed by atoms with van der Waals surface area (Å²) in [4.78, 5) is 0. The van der Waals surface area contributed by atoms with E-state index >= 15 is 0 Å². The van der Waals surface area contributed by atoms with Gasteiger partial charge in [0, 0.05) is 10.9 Å². The van der Waals surface area contributed by atoms with Crippen LogP contribution in [-0.4, -0.2) is 14.7 Å². The number of hydrogen-bond donors (Lipinski definition) is 2. The minimum atomic E-state index is -1.14. The van der Waals surface area contributed by atoms with Gasteiger partial charge in [-0.15, -0.1) is 0 Å². The Morgan fingerprint density at radius 3 is 2.25 bits per heavy atom. The highest BCUT2D eigenvalue weighted by molar-refractivity contribution is 9.15. The van der Waals surface area contributed by atoms with Gasteiger partial charge < -0.3 is 10.2 Å². The van der Waals surface area contributed by atoms with E-state index in [9.17, 15) is 10.2 Å². The van der Waals surface area contributed by atoms with Crippen molar-refractivity contribution in [1.29, 1.82) is 0 Å². The summed E-state index contributed by atoms with van der Waals surface area (Å²) in [5, 5.41) is 19.1. The van der Waals surface area contributed by atoms with E-state index in [1.165, 1.54) is 0 Å². The predicted molar refractivity (Wildman–Crippen MR) is 62.0 cm³/mol. The molecule has 1 atom stereocenters. The zero-order valence-corrected chi connectivity index (χ0v) is 12.0. The summed E-state index contributed by atoms with van der Waals surface area (Å²) in [6, 6.07) is 0. The Labute approximate surface area is 103 Å². The molecule has 1 aliphatic rings. The highest BCUT2D eigenvalue weighted by Crippen LogP contribution is 2.46. The molecule has 1 unspecified atom stereocenters. The van der Waals surface area contributed by atoms with Crippen LogP contribution in [-0.2, 0) is 0 Å². The van der Waals surface area contributed by atoms with Crippen molar-refractivity contribution in [2.45, 2.75) is 10.9 Å². The summed E-state index contributed by atoms with van der Waals surface area (Å²) in [7, 11) is 0. The van der Waals surface area contributed by atoms with Crippen molar-refractivity contribution in [3.63, 3.8) is 0 Å². The zero-order chi connectivity index (χ0) is 9.52. The molecule has 2 N–H and O–H groups in total. The average molecular weight is 428 g/mol. The van der Waals surface area contributed by atoms with Crippen LogP contribution >= 0.6 is 63.7 Å². The molecule has 0 radical (unpaired) electrons. The van der Waals surface area contributed by atoms with Gasteiger partial charge in [0.25, 0.3) is 0 Å². The summed E-state index contributed by atoms with van der Waals surface area (Å²) in [5.41, 5.74) is 0. The van der Waals surface area contributed by atoms with E-state index < -0.39 is 4.51 Å². The maximum atomic E-state index is 9.71. The van der Waals surface area contributed by atoms with Crippen LogP contribution in [0.25, 0.3) is 0 Å². The molecule has 6 heteroatoms. The molecular weight excluding hydrogens is 424 g/mol. The van der Waals surface area contributed by atoms with E-state index in [0.717, 1.165) is 0 Å². The first-order valence-electron chi connectivity index (χ1n) is 2.91.